The molecule has 1 aromatic rings. The van der Waals surface area contributed by atoms with Crippen molar-refractivity contribution in [3.63, 3.8) is 0 Å². The van der Waals surface area contributed by atoms with Crippen LogP contribution in [0.4, 0.5) is 0 Å². The summed E-state index contributed by atoms with van der Waals surface area (Å²) in [5, 5.41) is 2.13. The fourth-order valence-corrected chi connectivity index (χ4v) is 5.03. The van der Waals surface area contributed by atoms with Crippen LogP contribution in [-0.4, -0.2) is 34.0 Å². The Hall–Kier alpha value is 0.380. The Balaban J connectivity index is 1.94. The number of likely N-dealkylation sites (tertiary alicyclic amines) is 1. The minimum Gasteiger partial charge on any atom is -0.392 e. The van der Waals surface area contributed by atoms with Crippen LogP contribution in [-0.2, 0) is 6.54 Å². The lowest BCUT2D eigenvalue weighted by Gasteiger charge is -2.40. The van der Waals surface area contributed by atoms with E-state index in [1.807, 2.05) is 23.1 Å². The topological polar surface area (TPSA) is 29.3 Å². The maximum atomic E-state index is 5.90. The number of thiocarbonyl (C=S) groups is 1. The van der Waals surface area contributed by atoms with E-state index in [-0.39, 0.29) is 4.75 Å². The lowest BCUT2D eigenvalue weighted by Crippen LogP contribution is -2.48. The molecule has 1 fully saturated rings. The number of hydrogen-bond donors (Lipinski definition) is 1. The van der Waals surface area contributed by atoms with Crippen LogP contribution in [0, 0.1) is 0 Å². The molecule has 0 aliphatic carbocycles. The summed E-state index contributed by atoms with van der Waals surface area (Å²) in [4.78, 5) is 4.57. The summed E-state index contributed by atoms with van der Waals surface area (Å²) in [5.74, 6) is 0. The predicted molar refractivity (Wildman–Crippen MR) is 89.6 cm³/mol. The lowest BCUT2D eigenvalue weighted by molar-refractivity contribution is 0.214. The fraction of sp³-hybridized carbons (Fsp3) is 0.583. The summed E-state index contributed by atoms with van der Waals surface area (Å²) >= 11 is 12.5. The largest absolute Gasteiger partial charge is 0.392 e. The third-order valence-electron chi connectivity index (χ3n) is 3.56. The van der Waals surface area contributed by atoms with Gasteiger partial charge in [0.25, 0.3) is 0 Å². The number of thiophene rings is 1. The number of thioether (sulfide) groups is 1. The van der Waals surface area contributed by atoms with Crippen LogP contribution in [0.2, 0.25) is 0 Å². The van der Waals surface area contributed by atoms with Gasteiger partial charge in [-0.3, -0.25) is 4.90 Å². The number of rotatable bonds is 4. The van der Waals surface area contributed by atoms with Crippen molar-refractivity contribution in [3.8, 4) is 0 Å². The highest BCUT2D eigenvalue weighted by Gasteiger charge is 2.36. The number of nitrogens with two attached hydrogens (primary N) is 1. The van der Waals surface area contributed by atoms with E-state index in [2.05, 4.69) is 38.5 Å². The molecule has 0 saturated carbocycles. The van der Waals surface area contributed by atoms with Crippen molar-refractivity contribution in [2.75, 3.05) is 19.3 Å². The van der Waals surface area contributed by atoms with Crippen LogP contribution in [0.1, 0.15) is 17.7 Å². The van der Waals surface area contributed by atoms with Gasteiger partial charge in [0.2, 0.25) is 0 Å². The molecule has 2 rings (SSSR count). The molecule has 2 N–H and O–H groups in total. The minimum atomic E-state index is 0.0263. The molecule has 100 valence electrons. The first-order chi connectivity index (χ1) is 8.57. The van der Waals surface area contributed by atoms with Gasteiger partial charge in [0.15, 0.2) is 0 Å². The first-order valence-corrected chi connectivity index (χ1v) is 9.17. The third-order valence-corrected chi connectivity index (χ3v) is 7.40. The molecule has 0 unspecified atom stereocenters. The molecule has 0 bridgehead atoms. The van der Waals surface area contributed by atoms with Crippen molar-refractivity contribution in [2.24, 2.45) is 5.73 Å². The summed E-state index contributed by atoms with van der Waals surface area (Å²) < 4.78 is 1.25. The quantitative estimate of drug-likeness (QED) is 0.827. The minimum absolute atomic E-state index is 0.0263. The van der Waals surface area contributed by atoms with Gasteiger partial charge in [-0.1, -0.05) is 12.2 Å². The van der Waals surface area contributed by atoms with Crippen molar-refractivity contribution in [1.29, 1.82) is 0 Å². The van der Waals surface area contributed by atoms with Crippen LogP contribution in [0.3, 0.4) is 0 Å². The number of nitrogens with zero attached hydrogens (tertiary/aromatic N) is 1. The maximum Gasteiger partial charge on any atom is 0.0891 e. The van der Waals surface area contributed by atoms with E-state index in [9.17, 15) is 0 Å². The monoisotopic (exact) mass is 364 g/mol. The van der Waals surface area contributed by atoms with Crippen LogP contribution in [0.15, 0.2) is 15.9 Å². The standard InChI is InChI=1S/C12H17BrN2S3/c1-17-12(11(14)16)3-5-15(6-4-12)8-10-9(13)2-7-18-10/h2,7H,3-6,8H2,1H3,(H2,14,16). The van der Waals surface area contributed by atoms with Crippen molar-refractivity contribution in [2.45, 2.75) is 24.1 Å². The van der Waals surface area contributed by atoms with Gasteiger partial charge in [-0.2, -0.15) is 11.8 Å². The Morgan fingerprint density at radius 2 is 2.28 bits per heavy atom. The first-order valence-electron chi connectivity index (χ1n) is 5.87. The average Bonchev–Trinajstić information content (AvgIpc) is 2.76. The molecule has 1 aromatic heterocycles. The second-order valence-electron chi connectivity index (χ2n) is 4.53. The second-order valence-corrected chi connectivity index (χ2v) is 8.02. The molecule has 2 heterocycles. The van der Waals surface area contributed by atoms with Crippen molar-refractivity contribution >= 4 is 56.2 Å². The molecule has 1 aliphatic rings. The van der Waals surface area contributed by atoms with Crippen molar-refractivity contribution in [1.82, 2.24) is 4.90 Å². The van der Waals surface area contributed by atoms with Gasteiger partial charge in [-0.05, 0) is 46.5 Å². The Labute approximate surface area is 130 Å². The molecular weight excluding hydrogens is 348 g/mol. The first kappa shape index (κ1) is 14.8. The average molecular weight is 365 g/mol. The molecule has 0 atom stereocenters. The third kappa shape index (κ3) is 3.10. The van der Waals surface area contributed by atoms with Gasteiger partial charge in [-0.15, -0.1) is 11.3 Å². The molecule has 2 nitrogen and oxygen atoms in total. The zero-order chi connectivity index (χ0) is 13.2. The zero-order valence-corrected chi connectivity index (χ0v) is 14.4. The molecule has 0 aromatic carbocycles. The summed E-state index contributed by atoms with van der Waals surface area (Å²) in [6, 6.07) is 2.12. The predicted octanol–water partition coefficient (Wildman–Crippen LogP) is 3.49. The van der Waals surface area contributed by atoms with Crippen LogP contribution >= 0.6 is 51.2 Å². The highest BCUT2D eigenvalue weighted by Crippen LogP contribution is 2.36. The van der Waals surface area contributed by atoms with Gasteiger partial charge >= 0.3 is 0 Å². The van der Waals surface area contributed by atoms with Crippen LogP contribution in [0.25, 0.3) is 0 Å². The SMILES string of the molecule is CSC1(C(N)=S)CCN(Cc2sccc2Br)CC1. The van der Waals surface area contributed by atoms with Crippen LogP contribution in [0.5, 0.6) is 0 Å². The lowest BCUT2D eigenvalue weighted by atomic mass is 9.95. The van der Waals surface area contributed by atoms with E-state index >= 15 is 0 Å². The number of piperidine rings is 1. The highest BCUT2D eigenvalue weighted by atomic mass is 79.9. The van der Waals surface area contributed by atoms with Gasteiger partial charge in [-0.25, -0.2) is 0 Å². The molecule has 6 heteroatoms. The molecule has 18 heavy (non-hydrogen) atoms. The Morgan fingerprint density at radius 1 is 1.61 bits per heavy atom. The second kappa shape index (κ2) is 6.22. The zero-order valence-electron chi connectivity index (χ0n) is 10.3. The van der Waals surface area contributed by atoms with Crippen molar-refractivity contribution in [3.05, 3.63) is 20.8 Å². The van der Waals surface area contributed by atoms with Gasteiger partial charge < -0.3 is 5.73 Å². The molecular formula is C12H17BrN2S3. The molecule has 0 spiro atoms. The summed E-state index contributed by atoms with van der Waals surface area (Å²) in [6.07, 6.45) is 4.24. The highest BCUT2D eigenvalue weighted by molar-refractivity contribution is 9.10. The Kier molecular flexibility index (Phi) is 5.11. The smallest absolute Gasteiger partial charge is 0.0891 e. The van der Waals surface area contributed by atoms with E-state index in [4.69, 9.17) is 18.0 Å². The molecule has 1 aliphatic heterocycles. The van der Waals surface area contributed by atoms with E-state index in [1.165, 1.54) is 9.35 Å². The van der Waals surface area contributed by atoms with Crippen LogP contribution < -0.4 is 5.73 Å². The van der Waals surface area contributed by atoms with E-state index in [0.29, 0.717) is 4.99 Å². The number of hydrogen-bond acceptors (Lipinski definition) is 4. The summed E-state index contributed by atoms with van der Waals surface area (Å²) in [7, 11) is 0. The molecule has 0 amide bonds. The van der Waals surface area contributed by atoms with Crippen molar-refractivity contribution < 1.29 is 0 Å². The Bertz CT molecular complexity index is 425. The number of halogens is 1. The van der Waals surface area contributed by atoms with E-state index in [0.717, 1.165) is 32.5 Å². The molecule has 0 radical (unpaired) electrons. The fourth-order valence-electron chi connectivity index (χ4n) is 2.26. The van der Waals surface area contributed by atoms with Gasteiger partial charge in [0, 0.05) is 29.0 Å². The molecule has 1 saturated heterocycles. The van der Waals surface area contributed by atoms with Gasteiger partial charge in [0.05, 0.1) is 9.74 Å². The maximum absolute atomic E-state index is 5.90. The van der Waals surface area contributed by atoms with Gasteiger partial charge in [0.1, 0.15) is 0 Å². The van der Waals surface area contributed by atoms with E-state index in [1.54, 1.807) is 0 Å². The normalized spacial score (nSPS) is 19.9. The summed E-state index contributed by atoms with van der Waals surface area (Å²) in [5.41, 5.74) is 5.90. The Morgan fingerprint density at radius 3 is 2.72 bits per heavy atom. The summed E-state index contributed by atoms with van der Waals surface area (Å²) in [6.45, 7) is 3.17. The van der Waals surface area contributed by atoms with E-state index < -0.39 is 0 Å².